The minimum Gasteiger partial charge on any atom is -0.463 e. The molecule has 123 heavy (non-hydrogen) atoms. The molecular formula is C105H180O16P2. The molecule has 4 N–H and O–H groups in total. The van der Waals surface area contributed by atoms with Crippen molar-refractivity contribution in [1.29, 1.82) is 0 Å². The highest BCUT2D eigenvalue weighted by Crippen LogP contribution is 2.45. The van der Waals surface area contributed by atoms with Gasteiger partial charge in [-0.25, -0.2) is 9.13 Å². The van der Waals surface area contributed by atoms with Crippen molar-refractivity contribution in [3.05, 3.63) is 170 Å². The van der Waals surface area contributed by atoms with Crippen molar-refractivity contribution in [3.63, 3.8) is 0 Å². The molecule has 0 spiro atoms. The van der Waals surface area contributed by atoms with Gasteiger partial charge in [0, 0.05) is 19.3 Å². The number of aliphatic hydroxyl groups is 2. The Morgan fingerprint density at radius 2 is 0.431 bits per heavy atom. The van der Waals surface area contributed by atoms with Crippen LogP contribution in [0.5, 0.6) is 0 Å². The summed E-state index contributed by atoms with van der Waals surface area (Å²) in [4.78, 5) is 59.2. The molecule has 0 bridgehead atoms. The highest BCUT2D eigenvalue weighted by molar-refractivity contribution is 7.47. The maximum absolute atomic E-state index is 13.1. The Morgan fingerprint density at radius 3 is 0.683 bits per heavy atom. The summed E-state index contributed by atoms with van der Waals surface area (Å²) in [6.45, 7) is 2.49. The Labute approximate surface area is 752 Å². The Hall–Kier alpha value is -5.09. The third-order valence-electron chi connectivity index (χ3n) is 20.9. The first-order valence-corrected chi connectivity index (χ1v) is 52.4. The second-order valence-electron chi connectivity index (χ2n) is 32.8. The van der Waals surface area contributed by atoms with E-state index < -0.39 is 91.5 Å². The molecule has 5 unspecified atom stereocenters. The number of rotatable bonds is 93. The predicted octanol–water partition coefficient (Wildman–Crippen LogP) is 31.0. The van der Waals surface area contributed by atoms with Crippen molar-refractivity contribution in [2.24, 2.45) is 0 Å². The zero-order chi connectivity index (χ0) is 89.3. The first kappa shape index (κ1) is 118. The van der Waals surface area contributed by atoms with Crippen molar-refractivity contribution in [3.8, 4) is 0 Å². The standard InChI is InChI=1S/C105H180O16P2/c1-4-7-10-13-16-19-22-25-28-31-34-37-40-43-46-49-52-55-58-61-64-67-70-73-76-79-82-85-88-91-103(108)115-94-100(106)95-117-122(111,112)118-96-101(107)97-119-123(113,114)120-99-102(121-105(110)93-90-87-84-81-78-75-72-69-66-63-60-57-54-51-48-45-42-39-36-33-30-27-24-21-18-15-12-9-6-3)98-116-104(109)92-89-86-83-80-77-74-71-68-65-62-59-56-53-50-47-44-41-38-35-32-29-26-23-20-17-14-11-8-5-2/h7-8,10-11,16-21,25-30,34-39,43-48,100-102,106-107H,4-6,9,12-15,22-24,31-33,40-42,49-99H2,1-3H3,(H,111,112)(H,113,114)/b10-7-,11-8-,19-16-,20-17-,21-18-,28-25-,29-26-,30-27-,37-34-,38-35-,39-36-,46-43-,47-44-,48-45-. The number of hydrogen-bond donors (Lipinski definition) is 4. The van der Waals surface area contributed by atoms with E-state index in [4.69, 9.17) is 32.3 Å². The van der Waals surface area contributed by atoms with Gasteiger partial charge in [-0.15, -0.1) is 0 Å². The minimum absolute atomic E-state index is 0.0998. The molecule has 16 nitrogen and oxygen atoms in total. The van der Waals surface area contributed by atoms with Crippen LogP contribution in [0.1, 0.15) is 419 Å². The summed E-state index contributed by atoms with van der Waals surface area (Å²) in [6, 6.07) is 0. The summed E-state index contributed by atoms with van der Waals surface area (Å²) in [5.41, 5.74) is 0. The fraction of sp³-hybridized carbons (Fsp3) is 0.705. The van der Waals surface area contributed by atoms with Crippen molar-refractivity contribution in [2.75, 3.05) is 39.6 Å². The van der Waals surface area contributed by atoms with E-state index >= 15 is 0 Å². The molecule has 0 amide bonds. The van der Waals surface area contributed by atoms with E-state index in [0.29, 0.717) is 19.3 Å². The third-order valence-corrected chi connectivity index (χ3v) is 22.8. The number of unbranched alkanes of at least 4 members (excludes halogenated alkanes) is 42. The van der Waals surface area contributed by atoms with Gasteiger partial charge in [-0.1, -0.05) is 416 Å². The smallest absolute Gasteiger partial charge is 0.463 e. The number of allylic oxidation sites excluding steroid dienone is 28. The SMILES string of the molecule is CC/C=C\C/C=C\C/C=C\C/C=C\C/C=C\CCCCCCCCCCCCCCCC(=O)OCC(O)COP(=O)(O)OCC(O)COP(=O)(O)OCC(COC(=O)CCCCCCCCCCCCCCC/C=C\C/C=C\C/C=C\C/C=C\C/C=C\CC)OC(=O)CCCCCCCCCCCCCCC/C=C\C/C=C\C/C=C\C/C=C\CCCCC. The van der Waals surface area contributed by atoms with E-state index in [1.807, 2.05) is 0 Å². The quantitative estimate of drug-likeness (QED) is 0.0146. The number of carbonyl (C=O) groups excluding carboxylic acids is 3. The van der Waals surface area contributed by atoms with E-state index in [9.17, 15) is 43.5 Å². The third kappa shape index (κ3) is 97.4. The van der Waals surface area contributed by atoms with Gasteiger partial charge in [0.1, 0.15) is 25.4 Å². The number of phosphoric acid groups is 2. The van der Waals surface area contributed by atoms with Crippen LogP contribution < -0.4 is 0 Å². The van der Waals surface area contributed by atoms with Crippen LogP contribution in [0, 0.1) is 0 Å². The normalized spacial score (nSPS) is 14.4. The van der Waals surface area contributed by atoms with Crippen LogP contribution in [-0.2, 0) is 55.8 Å². The van der Waals surface area contributed by atoms with E-state index in [0.717, 1.165) is 173 Å². The Bertz CT molecular complexity index is 2920. The van der Waals surface area contributed by atoms with Gasteiger partial charge in [-0.05, 0) is 154 Å². The molecule has 0 aliphatic heterocycles. The van der Waals surface area contributed by atoms with E-state index in [1.165, 1.54) is 186 Å². The molecule has 0 aliphatic carbocycles. The molecule has 0 saturated carbocycles. The summed E-state index contributed by atoms with van der Waals surface area (Å²) in [5.74, 6) is -1.56. The van der Waals surface area contributed by atoms with E-state index in [1.54, 1.807) is 0 Å². The van der Waals surface area contributed by atoms with Crippen molar-refractivity contribution < 1.29 is 75.8 Å². The molecule has 0 radical (unpaired) electrons. The van der Waals surface area contributed by atoms with E-state index in [-0.39, 0.29) is 19.3 Å². The Morgan fingerprint density at radius 1 is 0.236 bits per heavy atom. The number of ether oxygens (including phenoxy) is 3. The van der Waals surface area contributed by atoms with Gasteiger partial charge >= 0.3 is 33.6 Å². The first-order chi connectivity index (χ1) is 60.2. The summed E-state index contributed by atoms with van der Waals surface area (Å²) in [5, 5.41) is 20.8. The molecule has 0 rings (SSSR count). The van der Waals surface area contributed by atoms with Crippen LogP contribution in [0.4, 0.5) is 0 Å². The number of hydrogen-bond acceptors (Lipinski definition) is 14. The topological polar surface area (TPSA) is 231 Å². The zero-order valence-electron chi connectivity index (χ0n) is 78.1. The highest BCUT2D eigenvalue weighted by Gasteiger charge is 2.30. The molecule has 0 aromatic heterocycles. The van der Waals surface area contributed by atoms with Crippen LogP contribution in [-0.4, -0.2) is 95.9 Å². The van der Waals surface area contributed by atoms with Crippen molar-refractivity contribution in [1.82, 2.24) is 0 Å². The number of aliphatic hydroxyl groups excluding tert-OH is 2. The molecule has 18 heteroatoms. The molecule has 0 aliphatic rings. The monoisotopic (exact) mass is 1760 g/mol. The number of esters is 3. The second-order valence-corrected chi connectivity index (χ2v) is 35.7. The van der Waals surface area contributed by atoms with Crippen LogP contribution in [0.2, 0.25) is 0 Å². The Balaban J connectivity index is 4.65. The van der Waals surface area contributed by atoms with Gasteiger partial charge < -0.3 is 34.2 Å². The molecule has 0 fully saturated rings. The van der Waals surface area contributed by atoms with Crippen LogP contribution in [0.15, 0.2) is 170 Å². The van der Waals surface area contributed by atoms with Crippen LogP contribution >= 0.6 is 15.6 Å². The van der Waals surface area contributed by atoms with Gasteiger partial charge in [0.2, 0.25) is 0 Å². The van der Waals surface area contributed by atoms with Gasteiger partial charge in [-0.2, -0.15) is 0 Å². The van der Waals surface area contributed by atoms with Crippen LogP contribution in [0.25, 0.3) is 0 Å². The van der Waals surface area contributed by atoms with Gasteiger partial charge in [0.25, 0.3) is 0 Å². The maximum Gasteiger partial charge on any atom is 0.472 e. The largest absolute Gasteiger partial charge is 0.472 e. The average Bonchev–Trinajstić information content (AvgIpc) is 0.896. The van der Waals surface area contributed by atoms with Gasteiger partial charge in [-0.3, -0.25) is 32.5 Å². The van der Waals surface area contributed by atoms with Crippen molar-refractivity contribution >= 4 is 33.6 Å². The summed E-state index contributed by atoms with van der Waals surface area (Å²) in [6.07, 6.45) is 125. The van der Waals surface area contributed by atoms with E-state index in [2.05, 4.69) is 191 Å². The number of phosphoric ester groups is 2. The molecule has 0 saturated heterocycles. The van der Waals surface area contributed by atoms with Crippen molar-refractivity contribution in [2.45, 2.75) is 437 Å². The first-order valence-electron chi connectivity index (χ1n) is 49.4. The molecule has 5 atom stereocenters. The lowest BCUT2D eigenvalue weighted by molar-refractivity contribution is -0.161. The van der Waals surface area contributed by atoms with Gasteiger partial charge in [0.05, 0.1) is 26.4 Å². The molecule has 0 aromatic rings. The number of carbonyl (C=O) groups is 3. The summed E-state index contributed by atoms with van der Waals surface area (Å²) < 4.78 is 61.7. The van der Waals surface area contributed by atoms with Gasteiger partial charge in [0.15, 0.2) is 6.10 Å². The molecule has 0 heterocycles. The predicted molar refractivity (Wildman–Crippen MR) is 519 cm³/mol. The van der Waals surface area contributed by atoms with Crippen LogP contribution in [0.3, 0.4) is 0 Å². The molecule has 0 aromatic carbocycles. The lowest BCUT2D eigenvalue weighted by Gasteiger charge is -2.21. The molecule has 706 valence electrons. The summed E-state index contributed by atoms with van der Waals surface area (Å²) in [7, 11) is -9.82. The second kappa shape index (κ2) is 96.0. The lowest BCUT2D eigenvalue weighted by atomic mass is 10.0. The fourth-order valence-electron chi connectivity index (χ4n) is 13.5. The molecular weight excluding hydrogens is 1580 g/mol. The zero-order valence-corrected chi connectivity index (χ0v) is 79.9. The summed E-state index contributed by atoms with van der Waals surface area (Å²) >= 11 is 0. The highest BCUT2D eigenvalue weighted by atomic mass is 31.2. The fourth-order valence-corrected chi connectivity index (χ4v) is 15.1. The maximum atomic E-state index is 13.1. The lowest BCUT2D eigenvalue weighted by Crippen LogP contribution is -2.30. The average molecular weight is 1760 g/mol. The Kier molecular flexibility index (Phi) is 92.0. The minimum atomic E-state index is -4.95.